The highest BCUT2D eigenvalue weighted by molar-refractivity contribution is 9.10. The molecule has 1 N–H and O–H groups in total. The molecule has 0 saturated heterocycles. The third-order valence-electron chi connectivity index (χ3n) is 2.77. The summed E-state index contributed by atoms with van der Waals surface area (Å²) in [5.41, 5.74) is 0.774. The first-order valence-corrected chi connectivity index (χ1v) is 9.17. The van der Waals surface area contributed by atoms with Crippen molar-refractivity contribution in [3.05, 3.63) is 40.8 Å². The number of aromatic nitrogens is 2. The molecule has 21 heavy (non-hydrogen) atoms. The average molecular weight is 370 g/mol. The lowest BCUT2D eigenvalue weighted by Gasteiger charge is -2.08. The fraction of sp³-hybridized carbons (Fsp3) is 0.286. The summed E-state index contributed by atoms with van der Waals surface area (Å²) in [6, 6.07) is 8.35. The first kappa shape index (κ1) is 15.9. The van der Waals surface area contributed by atoms with Gasteiger partial charge in [0.2, 0.25) is 0 Å². The smallest absolute Gasteiger partial charge is 0.175 e. The quantitative estimate of drug-likeness (QED) is 0.818. The highest BCUT2D eigenvalue weighted by Crippen LogP contribution is 2.20. The van der Waals surface area contributed by atoms with E-state index in [1.807, 2.05) is 0 Å². The Kier molecular flexibility index (Phi) is 4.95. The van der Waals surface area contributed by atoms with Crippen LogP contribution in [-0.4, -0.2) is 24.6 Å². The van der Waals surface area contributed by atoms with Crippen LogP contribution in [0.3, 0.4) is 0 Å². The Morgan fingerprint density at radius 1 is 1.19 bits per heavy atom. The first-order chi connectivity index (χ1) is 9.88. The summed E-state index contributed by atoms with van der Waals surface area (Å²) >= 11 is 3.36. The maximum absolute atomic E-state index is 11.4. The number of hydrogen-bond donors (Lipinski definition) is 1. The van der Waals surface area contributed by atoms with Crippen LogP contribution in [0.15, 0.2) is 39.8 Å². The molecule has 0 saturated carbocycles. The maximum atomic E-state index is 11.4. The molecular weight excluding hydrogens is 354 g/mol. The molecule has 1 aromatic carbocycles. The minimum Gasteiger partial charge on any atom is -0.340 e. The van der Waals surface area contributed by atoms with Crippen LogP contribution in [0.1, 0.15) is 19.2 Å². The van der Waals surface area contributed by atoms with Crippen molar-refractivity contribution < 1.29 is 8.42 Å². The normalized spacial score (nSPS) is 11.4. The highest BCUT2D eigenvalue weighted by Gasteiger charge is 2.07. The van der Waals surface area contributed by atoms with Crippen LogP contribution >= 0.6 is 15.9 Å². The van der Waals surface area contributed by atoms with Crippen molar-refractivity contribution in [1.82, 2.24) is 9.97 Å². The van der Waals surface area contributed by atoms with Crippen LogP contribution < -0.4 is 5.32 Å². The third kappa shape index (κ3) is 4.50. The van der Waals surface area contributed by atoms with E-state index in [1.54, 1.807) is 30.3 Å². The minimum absolute atomic E-state index is 0.295. The minimum atomic E-state index is -3.17. The van der Waals surface area contributed by atoms with Gasteiger partial charge in [0.25, 0.3) is 0 Å². The second-order valence-electron chi connectivity index (χ2n) is 4.66. The van der Waals surface area contributed by atoms with Gasteiger partial charge in [-0.15, -0.1) is 0 Å². The van der Waals surface area contributed by atoms with Crippen molar-refractivity contribution in [3.8, 4) is 0 Å². The van der Waals surface area contributed by atoms with E-state index in [9.17, 15) is 8.42 Å². The summed E-state index contributed by atoms with van der Waals surface area (Å²) in [5.74, 6) is 1.44. The second kappa shape index (κ2) is 6.53. The Morgan fingerprint density at radius 3 is 2.43 bits per heavy atom. The number of sulfone groups is 1. The van der Waals surface area contributed by atoms with Gasteiger partial charge in [0.05, 0.1) is 4.90 Å². The summed E-state index contributed by atoms with van der Waals surface area (Å²) in [4.78, 5) is 9.01. The van der Waals surface area contributed by atoms with Crippen LogP contribution in [0.25, 0.3) is 0 Å². The topological polar surface area (TPSA) is 72.0 Å². The Balaban J connectivity index is 2.22. The Hall–Kier alpha value is -1.47. The van der Waals surface area contributed by atoms with Gasteiger partial charge in [0.15, 0.2) is 9.84 Å². The lowest BCUT2D eigenvalue weighted by atomic mass is 10.3. The highest BCUT2D eigenvalue weighted by atomic mass is 79.9. The Labute approximate surface area is 132 Å². The van der Waals surface area contributed by atoms with Gasteiger partial charge in [-0.05, 0) is 46.6 Å². The largest absolute Gasteiger partial charge is 0.340 e. The predicted octanol–water partition coefficient (Wildman–Crippen LogP) is 3.34. The van der Waals surface area contributed by atoms with Gasteiger partial charge in [-0.25, -0.2) is 18.4 Å². The molecule has 0 bridgehead atoms. The number of hydrogen-bond acceptors (Lipinski definition) is 5. The molecule has 0 amide bonds. The predicted molar refractivity (Wildman–Crippen MR) is 86.6 cm³/mol. The molecule has 0 aliphatic heterocycles. The van der Waals surface area contributed by atoms with Crippen LogP contribution in [0.4, 0.5) is 11.5 Å². The van der Waals surface area contributed by atoms with Crippen molar-refractivity contribution in [2.45, 2.75) is 24.7 Å². The fourth-order valence-electron chi connectivity index (χ4n) is 1.80. The zero-order valence-electron chi connectivity index (χ0n) is 11.8. The number of halogens is 1. The molecule has 0 aliphatic rings. The van der Waals surface area contributed by atoms with E-state index < -0.39 is 9.84 Å². The Bertz CT molecular complexity index is 730. The number of nitrogens with zero attached hydrogens (tertiary/aromatic N) is 2. The van der Waals surface area contributed by atoms with Gasteiger partial charge < -0.3 is 5.32 Å². The SMILES string of the molecule is CCCc1nc(Br)cc(Nc2ccc(S(C)(=O)=O)cc2)n1. The number of aryl methyl sites for hydroxylation is 1. The summed E-state index contributed by atoms with van der Waals surface area (Å²) < 4.78 is 23.6. The van der Waals surface area contributed by atoms with Crippen LogP contribution in [0.5, 0.6) is 0 Å². The molecule has 0 fully saturated rings. The summed E-state index contributed by atoms with van der Waals surface area (Å²) in [6.07, 6.45) is 2.97. The third-order valence-corrected chi connectivity index (χ3v) is 4.30. The molecule has 0 radical (unpaired) electrons. The summed E-state index contributed by atoms with van der Waals surface area (Å²) in [6.45, 7) is 2.07. The second-order valence-corrected chi connectivity index (χ2v) is 7.49. The molecule has 0 unspecified atom stereocenters. The molecule has 0 aliphatic carbocycles. The molecule has 0 spiro atoms. The van der Waals surface area contributed by atoms with Gasteiger partial charge in [-0.2, -0.15) is 0 Å². The average Bonchev–Trinajstić information content (AvgIpc) is 2.38. The molecule has 2 rings (SSSR count). The zero-order chi connectivity index (χ0) is 15.5. The number of benzene rings is 1. The van der Waals surface area contributed by atoms with Gasteiger partial charge in [0.1, 0.15) is 16.2 Å². The number of nitrogens with one attached hydrogen (secondary N) is 1. The van der Waals surface area contributed by atoms with Crippen molar-refractivity contribution in [2.24, 2.45) is 0 Å². The molecule has 1 heterocycles. The van der Waals surface area contributed by atoms with Gasteiger partial charge in [-0.3, -0.25) is 0 Å². The van der Waals surface area contributed by atoms with Gasteiger partial charge >= 0.3 is 0 Å². The van der Waals surface area contributed by atoms with Gasteiger partial charge in [0, 0.05) is 24.4 Å². The van der Waals surface area contributed by atoms with Crippen molar-refractivity contribution in [1.29, 1.82) is 0 Å². The molecule has 5 nitrogen and oxygen atoms in total. The fourth-order valence-corrected chi connectivity index (χ4v) is 2.85. The van der Waals surface area contributed by atoms with Crippen LogP contribution in [0.2, 0.25) is 0 Å². The lowest BCUT2D eigenvalue weighted by molar-refractivity contribution is 0.602. The molecule has 7 heteroatoms. The van der Waals surface area contributed by atoms with E-state index >= 15 is 0 Å². The van der Waals surface area contributed by atoms with Crippen LogP contribution in [-0.2, 0) is 16.3 Å². The van der Waals surface area contributed by atoms with E-state index in [4.69, 9.17) is 0 Å². The summed E-state index contributed by atoms with van der Waals surface area (Å²) in [5, 5.41) is 3.15. The van der Waals surface area contributed by atoms with E-state index in [-0.39, 0.29) is 0 Å². The van der Waals surface area contributed by atoms with Crippen molar-refractivity contribution >= 4 is 37.3 Å². The van der Waals surface area contributed by atoms with Crippen molar-refractivity contribution in [2.75, 3.05) is 11.6 Å². The van der Waals surface area contributed by atoms with Crippen molar-refractivity contribution in [3.63, 3.8) is 0 Å². The van der Waals surface area contributed by atoms with E-state index in [0.717, 1.165) is 29.0 Å². The van der Waals surface area contributed by atoms with E-state index in [0.29, 0.717) is 10.7 Å². The molecular formula is C14H16BrN3O2S. The molecule has 0 atom stereocenters. The Morgan fingerprint density at radius 2 is 1.86 bits per heavy atom. The van der Waals surface area contributed by atoms with E-state index in [1.165, 1.54) is 6.26 Å². The summed E-state index contributed by atoms with van der Waals surface area (Å²) in [7, 11) is -3.17. The molecule has 112 valence electrons. The lowest BCUT2D eigenvalue weighted by Crippen LogP contribution is -2.01. The molecule has 1 aromatic heterocycles. The van der Waals surface area contributed by atoms with Crippen LogP contribution in [0, 0.1) is 0 Å². The standard InChI is InChI=1S/C14H16BrN3O2S/c1-3-4-13-17-12(15)9-14(18-13)16-10-5-7-11(8-6-10)21(2,19)20/h5-9H,3-4H2,1-2H3,(H,16,17,18). The zero-order valence-corrected chi connectivity index (χ0v) is 14.2. The van der Waals surface area contributed by atoms with Gasteiger partial charge in [-0.1, -0.05) is 6.92 Å². The first-order valence-electron chi connectivity index (χ1n) is 6.49. The van der Waals surface area contributed by atoms with E-state index in [2.05, 4.69) is 38.1 Å². The molecule has 2 aromatic rings. The number of rotatable bonds is 5. The maximum Gasteiger partial charge on any atom is 0.175 e. The monoisotopic (exact) mass is 369 g/mol. The number of anilines is 2.